The van der Waals surface area contributed by atoms with Crippen molar-refractivity contribution < 1.29 is 4.79 Å². The minimum Gasteiger partial charge on any atom is -0.336 e. The third-order valence-electron chi connectivity index (χ3n) is 4.83. The van der Waals surface area contributed by atoms with Gasteiger partial charge >= 0.3 is 0 Å². The number of carbonyl (C=O) groups excluding carboxylic acids is 1. The van der Waals surface area contributed by atoms with E-state index in [9.17, 15) is 9.59 Å². The van der Waals surface area contributed by atoms with Gasteiger partial charge in [-0.15, -0.1) is 11.3 Å². The lowest BCUT2D eigenvalue weighted by Crippen LogP contribution is -2.42. The summed E-state index contributed by atoms with van der Waals surface area (Å²) in [5.41, 5.74) is 3.09. The Balaban J connectivity index is 1.59. The van der Waals surface area contributed by atoms with E-state index in [-0.39, 0.29) is 11.5 Å². The van der Waals surface area contributed by atoms with Crippen molar-refractivity contribution in [2.24, 2.45) is 0 Å². The molecule has 1 unspecified atom stereocenters. The number of carbonyl (C=O) groups is 1. The highest BCUT2D eigenvalue weighted by molar-refractivity contribution is 7.10. The molecule has 4 rings (SSSR count). The summed E-state index contributed by atoms with van der Waals surface area (Å²) in [6, 6.07) is 3.20. The van der Waals surface area contributed by atoms with Gasteiger partial charge in [-0.05, 0) is 55.2 Å². The highest BCUT2D eigenvalue weighted by Gasteiger charge is 2.28. The summed E-state index contributed by atoms with van der Waals surface area (Å²) in [7, 11) is 0. The summed E-state index contributed by atoms with van der Waals surface area (Å²) in [4.78, 5) is 28.3. The predicted octanol–water partition coefficient (Wildman–Crippen LogP) is 1.94. The second-order valence-corrected chi connectivity index (χ2v) is 7.31. The average molecular weight is 329 g/mol. The average Bonchev–Trinajstić information content (AvgIpc) is 3.20. The lowest BCUT2D eigenvalue weighted by Gasteiger charge is -2.29. The van der Waals surface area contributed by atoms with Crippen LogP contribution in [0.15, 0.2) is 22.3 Å². The Morgan fingerprint density at radius 1 is 1.30 bits per heavy atom. The van der Waals surface area contributed by atoms with Crippen molar-refractivity contribution in [3.8, 4) is 0 Å². The molecule has 2 aliphatic rings. The Hall–Kier alpha value is -1.95. The lowest BCUT2D eigenvalue weighted by molar-refractivity contribution is -0.135. The van der Waals surface area contributed by atoms with E-state index in [1.54, 1.807) is 24.3 Å². The number of rotatable bonds is 2. The first-order valence-electron chi connectivity index (χ1n) is 8.09. The quantitative estimate of drug-likeness (QED) is 0.846. The zero-order chi connectivity index (χ0) is 16.0. The first kappa shape index (κ1) is 14.6. The van der Waals surface area contributed by atoms with Gasteiger partial charge in [0.05, 0.1) is 5.69 Å². The van der Waals surface area contributed by atoms with Crippen molar-refractivity contribution in [2.75, 3.05) is 6.54 Å². The molecular weight excluding hydrogens is 310 g/mol. The van der Waals surface area contributed by atoms with Crippen LogP contribution in [-0.4, -0.2) is 27.1 Å². The maximum atomic E-state index is 12.8. The molecular formula is C17H19N3O2S. The predicted molar refractivity (Wildman–Crippen MR) is 88.7 cm³/mol. The number of hydrogen-bond donors (Lipinski definition) is 0. The number of fused-ring (bicyclic) bond motifs is 2. The summed E-state index contributed by atoms with van der Waals surface area (Å²) < 4.78 is 1.37. The Morgan fingerprint density at radius 2 is 2.17 bits per heavy atom. The maximum Gasteiger partial charge on any atom is 0.267 e. The van der Waals surface area contributed by atoms with Gasteiger partial charge in [0.25, 0.3) is 5.56 Å². The van der Waals surface area contributed by atoms with Crippen molar-refractivity contribution >= 4 is 17.2 Å². The van der Waals surface area contributed by atoms with Crippen LogP contribution in [-0.2, 0) is 30.6 Å². The molecule has 1 aliphatic carbocycles. The monoisotopic (exact) mass is 329 g/mol. The first-order chi connectivity index (χ1) is 11.1. The third kappa shape index (κ3) is 2.51. The van der Waals surface area contributed by atoms with Crippen LogP contribution in [0, 0.1) is 0 Å². The smallest absolute Gasteiger partial charge is 0.267 e. The van der Waals surface area contributed by atoms with E-state index >= 15 is 0 Å². The van der Waals surface area contributed by atoms with Crippen LogP contribution in [0.1, 0.15) is 41.1 Å². The number of nitrogens with zero attached hydrogens (tertiary/aromatic N) is 3. The van der Waals surface area contributed by atoms with Crippen LogP contribution in [0.25, 0.3) is 0 Å². The van der Waals surface area contributed by atoms with E-state index in [1.165, 1.54) is 15.1 Å². The van der Waals surface area contributed by atoms with Crippen molar-refractivity contribution in [2.45, 2.75) is 45.2 Å². The van der Waals surface area contributed by atoms with E-state index in [0.717, 1.165) is 43.5 Å². The van der Waals surface area contributed by atoms with Crippen LogP contribution < -0.4 is 5.56 Å². The zero-order valence-electron chi connectivity index (χ0n) is 13.1. The molecule has 3 heterocycles. The minimum atomic E-state index is -0.548. The molecule has 120 valence electrons. The molecule has 1 atom stereocenters. The SMILES string of the molecule is CC(C(=O)N1CCc2sccc2C1)n1nc2c(cc1=O)CCC2. The normalized spacial score (nSPS) is 17.7. The summed E-state index contributed by atoms with van der Waals surface area (Å²) in [5.74, 6) is -0.0191. The largest absolute Gasteiger partial charge is 0.336 e. The summed E-state index contributed by atoms with van der Waals surface area (Å²) in [5, 5.41) is 6.54. The number of thiophene rings is 1. The van der Waals surface area contributed by atoms with E-state index < -0.39 is 6.04 Å². The second-order valence-electron chi connectivity index (χ2n) is 6.31. The van der Waals surface area contributed by atoms with Gasteiger partial charge in [0.2, 0.25) is 5.91 Å². The van der Waals surface area contributed by atoms with E-state index in [1.807, 2.05) is 4.90 Å². The Kier molecular flexibility index (Phi) is 3.56. The van der Waals surface area contributed by atoms with Gasteiger partial charge in [-0.25, -0.2) is 4.68 Å². The van der Waals surface area contributed by atoms with Gasteiger partial charge in [-0.2, -0.15) is 5.10 Å². The molecule has 0 radical (unpaired) electrons. The standard InChI is InChI=1S/C17H19N3O2S/c1-11(20-16(21)9-12-3-2-4-14(12)18-20)17(22)19-7-5-15-13(10-19)6-8-23-15/h6,8-9,11H,2-5,7,10H2,1H3. The molecule has 2 aromatic rings. The summed E-state index contributed by atoms with van der Waals surface area (Å²) in [6.07, 6.45) is 3.77. The summed E-state index contributed by atoms with van der Waals surface area (Å²) >= 11 is 1.75. The molecule has 0 aromatic carbocycles. The van der Waals surface area contributed by atoms with Gasteiger partial charge in [0.15, 0.2) is 0 Å². The maximum absolute atomic E-state index is 12.8. The number of aryl methyl sites for hydroxylation is 2. The molecule has 0 bridgehead atoms. The number of hydrogen-bond acceptors (Lipinski definition) is 4. The molecule has 2 aromatic heterocycles. The minimum absolute atomic E-state index is 0.0191. The van der Waals surface area contributed by atoms with Gasteiger partial charge < -0.3 is 4.90 Å². The van der Waals surface area contributed by atoms with Gasteiger partial charge in [0.1, 0.15) is 6.04 Å². The van der Waals surface area contributed by atoms with Crippen LogP contribution >= 0.6 is 11.3 Å². The molecule has 1 aliphatic heterocycles. The molecule has 0 N–H and O–H groups in total. The van der Waals surface area contributed by atoms with Gasteiger partial charge in [-0.3, -0.25) is 9.59 Å². The van der Waals surface area contributed by atoms with Crippen molar-refractivity contribution in [1.82, 2.24) is 14.7 Å². The molecule has 0 spiro atoms. The molecule has 0 fully saturated rings. The van der Waals surface area contributed by atoms with Crippen molar-refractivity contribution in [3.05, 3.63) is 49.6 Å². The third-order valence-corrected chi connectivity index (χ3v) is 5.85. The van der Waals surface area contributed by atoms with Crippen LogP contribution in [0.2, 0.25) is 0 Å². The van der Waals surface area contributed by atoms with Crippen LogP contribution in [0.4, 0.5) is 0 Å². The zero-order valence-corrected chi connectivity index (χ0v) is 13.9. The molecule has 0 saturated carbocycles. The Labute approximate surface area is 138 Å². The molecule has 0 saturated heterocycles. The van der Waals surface area contributed by atoms with Crippen molar-refractivity contribution in [1.29, 1.82) is 0 Å². The molecule has 23 heavy (non-hydrogen) atoms. The van der Waals surface area contributed by atoms with E-state index in [4.69, 9.17) is 0 Å². The Morgan fingerprint density at radius 3 is 3.04 bits per heavy atom. The fourth-order valence-electron chi connectivity index (χ4n) is 3.50. The second kappa shape index (κ2) is 5.60. The summed E-state index contributed by atoms with van der Waals surface area (Å²) in [6.45, 7) is 3.14. The van der Waals surface area contributed by atoms with Crippen molar-refractivity contribution in [3.63, 3.8) is 0 Å². The fraction of sp³-hybridized carbons (Fsp3) is 0.471. The van der Waals surface area contributed by atoms with E-state index in [2.05, 4.69) is 16.5 Å². The lowest BCUT2D eigenvalue weighted by atomic mass is 10.1. The molecule has 5 nitrogen and oxygen atoms in total. The fourth-order valence-corrected chi connectivity index (χ4v) is 4.39. The Bertz CT molecular complexity index is 823. The molecule has 6 heteroatoms. The highest BCUT2D eigenvalue weighted by Crippen LogP contribution is 2.25. The van der Waals surface area contributed by atoms with E-state index in [0.29, 0.717) is 6.54 Å². The van der Waals surface area contributed by atoms with Gasteiger partial charge in [-0.1, -0.05) is 0 Å². The highest BCUT2D eigenvalue weighted by atomic mass is 32.1. The van der Waals surface area contributed by atoms with Crippen LogP contribution in [0.3, 0.4) is 0 Å². The molecule has 1 amide bonds. The number of amides is 1. The van der Waals surface area contributed by atoms with Gasteiger partial charge in [0, 0.05) is 24.0 Å². The van der Waals surface area contributed by atoms with Crippen LogP contribution in [0.5, 0.6) is 0 Å². The first-order valence-corrected chi connectivity index (χ1v) is 8.97. The topological polar surface area (TPSA) is 55.2 Å². The number of aromatic nitrogens is 2.